The Labute approximate surface area is 184 Å². The van der Waals surface area contributed by atoms with Crippen LogP contribution in [0.3, 0.4) is 0 Å². The summed E-state index contributed by atoms with van der Waals surface area (Å²) in [5.41, 5.74) is 4.15. The van der Waals surface area contributed by atoms with Gasteiger partial charge in [0.15, 0.2) is 0 Å². The summed E-state index contributed by atoms with van der Waals surface area (Å²) in [6.45, 7) is -0.333. The molecule has 32 heavy (non-hydrogen) atoms. The Kier molecular flexibility index (Phi) is 6.69. The molecule has 6 heteroatoms. The Balaban J connectivity index is 1.90. The molecule has 0 unspecified atom stereocenters. The second kappa shape index (κ2) is 9.81. The molecule has 0 radical (unpaired) electrons. The van der Waals surface area contributed by atoms with E-state index in [-0.39, 0.29) is 12.2 Å². The fourth-order valence-corrected chi connectivity index (χ4v) is 3.85. The summed E-state index contributed by atoms with van der Waals surface area (Å²) < 4.78 is 46.1. The van der Waals surface area contributed by atoms with E-state index in [0.717, 1.165) is 41.1 Å². The lowest BCUT2D eigenvalue weighted by Gasteiger charge is -2.15. The fourth-order valence-electron chi connectivity index (χ4n) is 3.85. The van der Waals surface area contributed by atoms with Gasteiger partial charge in [-0.05, 0) is 72.9 Å². The van der Waals surface area contributed by atoms with Crippen LogP contribution in [0.4, 0.5) is 13.2 Å². The van der Waals surface area contributed by atoms with E-state index in [2.05, 4.69) is 4.98 Å². The molecule has 0 atom stereocenters. The number of rotatable bonds is 8. The summed E-state index contributed by atoms with van der Waals surface area (Å²) in [6, 6.07) is 12.9. The van der Waals surface area contributed by atoms with Crippen molar-refractivity contribution in [1.29, 1.82) is 0 Å². The average molecular weight is 436 g/mol. The second-order valence-electron chi connectivity index (χ2n) is 7.61. The lowest BCUT2D eigenvalue weighted by Crippen LogP contribution is -1.98. The minimum absolute atomic E-state index is 0.284. The first kappa shape index (κ1) is 21.8. The van der Waals surface area contributed by atoms with E-state index in [1.165, 1.54) is 12.1 Å². The Morgan fingerprint density at radius 1 is 0.938 bits per heavy atom. The Morgan fingerprint density at radius 2 is 1.81 bits per heavy atom. The highest BCUT2D eigenvalue weighted by Gasteiger charge is 2.16. The van der Waals surface area contributed by atoms with Crippen molar-refractivity contribution in [2.75, 3.05) is 13.8 Å². The van der Waals surface area contributed by atoms with Gasteiger partial charge >= 0.3 is 0 Å². The van der Waals surface area contributed by atoms with Gasteiger partial charge in [0, 0.05) is 35.0 Å². The predicted octanol–water partition coefficient (Wildman–Crippen LogP) is 6.93. The molecule has 4 aromatic rings. The van der Waals surface area contributed by atoms with Gasteiger partial charge in [-0.1, -0.05) is 6.42 Å². The molecule has 0 spiro atoms. The molecule has 4 rings (SSSR count). The number of aryl methyl sites for hydroxylation is 1. The van der Waals surface area contributed by atoms with Crippen LogP contribution in [0.2, 0.25) is 0 Å². The van der Waals surface area contributed by atoms with E-state index in [1.54, 1.807) is 25.6 Å². The molecule has 0 aliphatic carbocycles. The first-order chi connectivity index (χ1) is 15.6. The number of fused-ring (bicyclic) bond motifs is 1. The Hall–Kier alpha value is -3.41. The van der Waals surface area contributed by atoms with Crippen LogP contribution in [0.15, 0.2) is 60.9 Å². The number of nitrogens with zero attached hydrogens (tertiary/aromatic N) is 2. The maximum Gasteiger partial charge on any atom is 0.145 e. The SMILES string of the molecule is COc1cc(-c2ccc(F)cc2F)cc2c(CCCCCF)cc(-c3cccnc3)nc12. The smallest absolute Gasteiger partial charge is 0.145 e. The fraction of sp³-hybridized carbons (Fsp3) is 0.231. The Bertz CT molecular complexity index is 1230. The molecule has 2 aromatic carbocycles. The lowest BCUT2D eigenvalue weighted by molar-refractivity contribution is 0.419. The molecule has 0 aliphatic rings. The molecule has 0 fully saturated rings. The monoisotopic (exact) mass is 436 g/mol. The van der Waals surface area contributed by atoms with Gasteiger partial charge in [0.2, 0.25) is 0 Å². The van der Waals surface area contributed by atoms with E-state index in [4.69, 9.17) is 9.72 Å². The van der Waals surface area contributed by atoms with Crippen molar-refractivity contribution in [3.05, 3.63) is 78.1 Å². The largest absolute Gasteiger partial charge is 0.494 e. The zero-order valence-corrected chi connectivity index (χ0v) is 17.7. The second-order valence-corrected chi connectivity index (χ2v) is 7.61. The quantitative estimate of drug-likeness (QED) is 0.281. The third-order valence-corrected chi connectivity index (χ3v) is 5.46. The third kappa shape index (κ3) is 4.59. The first-order valence-electron chi connectivity index (χ1n) is 10.5. The minimum Gasteiger partial charge on any atom is -0.494 e. The van der Waals surface area contributed by atoms with Gasteiger partial charge in [0.25, 0.3) is 0 Å². The van der Waals surface area contributed by atoms with Gasteiger partial charge in [-0.3, -0.25) is 9.37 Å². The first-order valence-corrected chi connectivity index (χ1v) is 10.5. The van der Waals surface area contributed by atoms with Crippen LogP contribution < -0.4 is 4.74 Å². The summed E-state index contributed by atoms with van der Waals surface area (Å²) in [5, 5.41) is 0.830. The van der Waals surface area contributed by atoms with E-state index in [1.807, 2.05) is 24.3 Å². The molecule has 0 saturated heterocycles. The number of unbranched alkanes of at least 4 members (excludes halogenated alkanes) is 2. The van der Waals surface area contributed by atoms with Gasteiger partial charge in [-0.25, -0.2) is 13.8 Å². The van der Waals surface area contributed by atoms with Crippen molar-refractivity contribution in [3.63, 3.8) is 0 Å². The topological polar surface area (TPSA) is 35.0 Å². The number of aromatic nitrogens is 2. The van der Waals surface area contributed by atoms with Crippen molar-refractivity contribution in [3.8, 4) is 28.1 Å². The molecular weight excluding hydrogens is 413 g/mol. The van der Waals surface area contributed by atoms with Crippen LogP contribution >= 0.6 is 0 Å². The number of ether oxygens (including phenoxy) is 1. The van der Waals surface area contributed by atoms with Crippen molar-refractivity contribution < 1.29 is 17.9 Å². The van der Waals surface area contributed by atoms with E-state index >= 15 is 0 Å². The van der Waals surface area contributed by atoms with Crippen molar-refractivity contribution in [2.24, 2.45) is 0 Å². The van der Waals surface area contributed by atoms with Gasteiger partial charge in [0.1, 0.15) is 22.9 Å². The van der Waals surface area contributed by atoms with Crippen molar-refractivity contribution in [1.82, 2.24) is 9.97 Å². The maximum absolute atomic E-state index is 14.5. The van der Waals surface area contributed by atoms with Crippen LogP contribution in [0.5, 0.6) is 5.75 Å². The number of hydrogen-bond donors (Lipinski definition) is 0. The summed E-state index contributed by atoms with van der Waals surface area (Å²) in [4.78, 5) is 9.00. The van der Waals surface area contributed by atoms with Crippen LogP contribution in [-0.2, 0) is 6.42 Å². The normalized spacial score (nSPS) is 11.1. The zero-order valence-electron chi connectivity index (χ0n) is 17.7. The number of hydrogen-bond acceptors (Lipinski definition) is 3. The number of halogens is 3. The maximum atomic E-state index is 14.5. The van der Waals surface area contributed by atoms with Gasteiger partial charge in [0.05, 0.1) is 19.5 Å². The number of methoxy groups -OCH3 is 1. The summed E-state index contributed by atoms with van der Waals surface area (Å²) >= 11 is 0. The molecule has 0 N–H and O–H groups in total. The standard InChI is InChI=1S/C26H23F3N2O/c1-32-25-14-19(21-9-8-20(28)15-23(21)29)12-22-17(6-3-2-4-10-27)13-24(31-26(22)25)18-7-5-11-30-16-18/h5,7-9,11-16H,2-4,6,10H2,1H3. The zero-order chi connectivity index (χ0) is 22.5. The lowest BCUT2D eigenvalue weighted by atomic mass is 9.96. The molecule has 3 nitrogen and oxygen atoms in total. The highest BCUT2D eigenvalue weighted by atomic mass is 19.1. The minimum atomic E-state index is -0.643. The van der Waals surface area contributed by atoms with Crippen molar-refractivity contribution in [2.45, 2.75) is 25.7 Å². The molecule has 0 bridgehead atoms. The van der Waals surface area contributed by atoms with Gasteiger partial charge < -0.3 is 4.74 Å². The summed E-state index contributed by atoms with van der Waals surface area (Å²) in [7, 11) is 1.54. The van der Waals surface area contributed by atoms with E-state index in [0.29, 0.717) is 29.7 Å². The highest BCUT2D eigenvalue weighted by molar-refractivity contribution is 5.94. The van der Waals surface area contributed by atoms with E-state index < -0.39 is 11.6 Å². The van der Waals surface area contributed by atoms with E-state index in [9.17, 15) is 13.2 Å². The number of alkyl halides is 1. The third-order valence-electron chi connectivity index (χ3n) is 5.46. The average Bonchev–Trinajstić information content (AvgIpc) is 2.81. The van der Waals surface area contributed by atoms with Crippen LogP contribution in [0.1, 0.15) is 24.8 Å². The Morgan fingerprint density at radius 3 is 2.53 bits per heavy atom. The molecule has 2 heterocycles. The predicted molar refractivity (Wildman–Crippen MR) is 120 cm³/mol. The molecule has 0 amide bonds. The highest BCUT2D eigenvalue weighted by Crippen LogP contribution is 2.36. The van der Waals surface area contributed by atoms with Crippen molar-refractivity contribution >= 4 is 10.9 Å². The molecule has 164 valence electrons. The number of pyridine rings is 2. The van der Waals surface area contributed by atoms with Crippen LogP contribution in [0.25, 0.3) is 33.3 Å². The van der Waals surface area contributed by atoms with Gasteiger partial charge in [-0.2, -0.15) is 0 Å². The molecule has 2 aromatic heterocycles. The summed E-state index contributed by atoms with van der Waals surface area (Å²) in [6.07, 6.45) is 6.26. The van der Waals surface area contributed by atoms with Gasteiger partial charge in [-0.15, -0.1) is 0 Å². The van der Waals surface area contributed by atoms with Crippen LogP contribution in [0, 0.1) is 11.6 Å². The number of benzene rings is 2. The molecular formula is C26H23F3N2O. The summed E-state index contributed by atoms with van der Waals surface area (Å²) in [5.74, 6) is -0.775. The van der Waals surface area contributed by atoms with Crippen LogP contribution in [-0.4, -0.2) is 23.8 Å². The molecule has 0 saturated carbocycles. The molecule has 0 aliphatic heterocycles.